The Morgan fingerprint density at radius 2 is 1.97 bits per heavy atom. The van der Waals surface area contributed by atoms with Crippen molar-refractivity contribution in [1.29, 1.82) is 0 Å². The van der Waals surface area contributed by atoms with Crippen LogP contribution in [0.4, 0.5) is 5.95 Å². The number of carbonyl (C=O) groups is 2. The van der Waals surface area contributed by atoms with Crippen molar-refractivity contribution in [2.24, 2.45) is 10.9 Å². The number of rotatable bonds is 6. The van der Waals surface area contributed by atoms with E-state index in [2.05, 4.69) is 20.5 Å². The Bertz CT molecular complexity index is 1170. The average Bonchev–Trinajstić information content (AvgIpc) is 3.24. The van der Waals surface area contributed by atoms with E-state index in [0.29, 0.717) is 22.6 Å². The van der Waals surface area contributed by atoms with Crippen LogP contribution in [-0.4, -0.2) is 50.1 Å². The molecule has 10 heteroatoms. The molecule has 2 heterocycles. The number of aliphatic carboxylic acids is 1. The maximum atomic E-state index is 12.1. The number of methoxy groups -OCH3 is 1. The molecule has 1 aliphatic heterocycles. The van der Waals surface area contributed by atoms with E-state index in [1.807, 2.05) is 6.07 Å². The van der Waals surface area contributed by atoms with Crippen LogP contribution in [0.25, 0.3) is 0 Å². The molecule has 10 nitrogen and oxygen atoms in total. The molecule has 0 saturated carbocycles. The zero-order chi connectivity index (χ0) is 22.0. The van der Waals surface area contributed by atoms with Gasteiger partial charge in [0.1, 0.15) is 24.3 Å². The smallest absolute Gasteiger partial charge is 0.337 e. The highest BCUT2D eigenvalue weighted by Gasteiger charge is 2.40. The summed E-state index contributed by atoms with van der Waals surface area (Å²) >= 11 is 0. The number of aliphatic imine (C=N–C) groups is 1. The summed E-state index contributed by atoms with van der Waals surface area (Å²) in [6.07, 6.45) is 0. The Balaban J connectivity index is 1.67. The minimum atomic E-state index is -1.03. The number of ether oxygens (including phenoxy) is 2. The zero-order valence-electron chi connectivity index (χ0n) is 16.8. The molecule has 3 aromatic rings. The number of carbonyl (C=O) groups excluding carboxylic acids is 1. The first kappa shape index (κ1) is 20.2. The van der Waals surface area contributed by atoms with Gasteiger partial charge in [-0.2, -0.15) is 0 Å². The lowest BCUT2D eigenvalue weighted by molar-refractivity contribution is -0.140. The number of fused-ring (bicyclic) bond motifs is 1. The predicted molar refractivity (Wildman–Crippen MR) is 108 cm³/mol. The van der Waals surface area contributed by atoms with Gasteiger partial charge in [0.15, 0.2) is 0 Å². The van der Waals surface area contributed by atoms with Crippen LogP contribution in [0.15, 0.2) is 53.5 Å². The summed E-state index contributed by atoms with van der Waals surface area (Å²) in [5, 5.41) is 21.3. The topological polar surface area (TPSA) is 129 Å². The van der Waals surface area contributed by atoms with Gasteiger partial charge in [-0.1, -0.05) is 35.4 Å². The van der Waals surface area contributed by atoms with Crippen LogP contribution >= 0.6 is 0 Å². The molecule has 2 atom stereocenters. The number of esters is 1. The number of aromatic nitrogens is 4. The van der Waals surface area contributed by atoms with E-state index in [1.165, 1.54) is 11.8 Å². The number of benzene rings is 2. The standard InChI is InChI=1S/C21H19N5O5/c1-12-17(19(27)28)18(26-21(22-12)23-24-25-26)15-8-3-4-9-16(15)31-11-13-6-5-7-14(10-13)20(29)30-2/h3-10,17-18H,11H2,1-2H3,(H,27,28). The van der Waals surface area contributed by atoms with Crippen LogP contribution in [0, 0.1) is 5.92 Å². The third kappa shape index (κ3) is 3.87. The maximum Gasteiger partial charge on any atom is 0.337 e. The van der Waals surface area contributed by atoms with Crippen molar-refractivity contribution in [1.82, 2.24) is 20.2 Å². The van der Waals surface area contributed by atoms with E-state index in [9.17, 15) is 14.7 Å². The maximum absolute atomic E-state index is 12.1. The first-order valence-corrected chi connectivity index (χ1v) is 9.44. The van der Waals surface area contributed by atoms with Crippen molar-refractivity contribution in [3.63, 3.8) is 0 Å². The summed E-state index contributed by atoms with van der Waals surface area (Å²) in [6, 6.07) is 13.3. The van der Waals surface area contributed by atoms with Gasteiger partial charge in [-0.3, -0.25) is 4.79 Å². The zero-order valence-corrected chi connectivity index (χ0v) is 16.8. The number of para-hydroxylation sites is 1. The molecule has 0 spiro atoms. The fourth-order valence-electron chi connectivity index (χ4n) is 3.59. The van der Waals surface area contributed by atoms with Crippen molar-refractivity contribution in [2.75, 3.05) is 7.11 Å². The lowest BCUT2D eigenvalue weighted by atomic mass is 9.88. The van der Waals surface area contributed by atoms with Crippen LogP contribution in [0.1, 0.15) is 34.5 Å². The molecule has 4 rings (SSSR count). The largest absolute Gasteiger partial charge is 0.489 e. The summed E-state index contributed by atoms with van der Waals surface area (Å²) in [4.78, 5) is 28.0. The lowest BCUT2D eigenvalue weighted by Gasteiger charge is -2.29. The normalized spacial score (nSPS) is 17.4. The Kier molecular flexibility index (Phi) is 5.44. The molecule has 31 heavy (non-hydrogen) atoms. The van der Waals surface area contributed by atoms with Crippen LogP contribution in [0.3, 0.4) is 0 Å². The first-order chi connectivity index (χ1) is 15.0. The summed E-state index contributed by atoms with van der Waals surface area (Å²) in [7, 11) is 1.32. The second kappa shape index (κ2) is 8.34. The Morgan fingerprint density at radius 3 is 2.74 bits per heavy atom. The molecule has 0 bridgehead atoms. The fourth-order valence-corrected chi connectivity index (χ4v) is 3.59. The summed E-state index contributed by atoms with van der Waals surface area (Å²) in [6.45, 7) is 1.81. The molecule has 0 aliphatic carbocycles. The van der Waals surface area contributed by atoms with E-state index in [0.717, 1.165) is 5.56 Å². The second-order valence-electron chi connectivity index (χ2n) is 6.96. The number of carboxylic acid groups (broad SMARTS) is 1. The van der Waals surface area contributed by atoms with E-state index < -0.39 is 23.9 Å². The highest BCUT2D eigenvalue weighted by molar-refractivity contribution is 6.02. The summed E-state index contributed by atoms with van der Waals surface area (Å²) in [5.74, 6) is -1.70. The van der Waals surface area contributed by atoms with Gasteiger partial charge >= 0.3 is 11.9 Å². The van der Waals surface area contributed by atoms with Crippen molar-refractivity contribution in [3.8, 4) is 5.75 Å². The molecule has 2 aromatic carbocycles. The molecule has 0 radical (unpaired) electrons. The lowest BCUT2D eigenvalue weighted by Crippen LogP contribution is -2.36. The van der Waals surface area contributed by atoms with Crippen LogP contribution in [0.5, 0.6) is 5.75 Å². The van der Waals surface area contributed by atoms with Gasteiger partial charge in [-0.05, 0) is 41.1 Å². The number of nitrogens with zero attached hydrogens (tertiary/aromatic N) is 5. The monoisotopic (exact) mass is 421 g/mol. The van der Waals surface area contributed by atoms with E-state index >= 15 is 0 Å². The molecule has 0 fully saturated rings. The van der Waals surface area contributed by atoms with E-state index in [1.54, 1.807) is 49.4 Å². The molecular weight excluding hydrogens is 402 g/mol. The Hall–Kier alpha value is -4.08. The van der Waals surface area contributed by atoms with E-state index in [-0.39, 0.29) is 12.6 Å². The number of hydrogen-bond acceptors (Lipinski definition) is 8. The summed E-state index contributed by atoms with van der Waals surface area (Å²) in [5.41, 5.74) is 2.19. The molecule has 0 saturated heterocycles. The van der Waals surface area contributed by atoms with Gasteiger partial charge in [-0.25, -0.2) is 14.5 Å². The van der Waals surface area contributed by atoms with Crippen LogP contribution in [0.2, 0.25) is 0 Å². The molecule has 158 valence electrons. The van der Waals surface area contributed by atoms with Crippen molar-refractivity contribution < 1.29 is 24.2 Å². The predicted octanol–water partition coefficient (Wildman–Crippen LogP) is 2.43. The van der Waals surface area contributed by atoms with Crippen molar-refractivity contribution >= 4 is 23.6 Å². The molecule has 1 aliphatic rings. The van der Waals surface area contributed by atoms with E-state index in [4.69, 9.17) is 9.47 Å². The third-order valence-corrected chi connectivity index (χ3v) is 5.03. The average molecular weight is 421 g/mol. The van der Waals surface area contributed by atoms with Crippen molar-refractivity contribution in [2.45, 2.75) is 19.6 Å². The molecule has 2 unspecified atom stereocenters. The molecule has 0 amide bonds. The Labute approximate surface area is 177 Å². The molecule has 1 N–H and O–H groups in total. The van der Waals surface area contributed by atoms with Gasteiger partial charge in [0.2, 0.25) is 0 Å². The van der Waals surface area contributed by atoms with Gasteiger partial charge in [0, 0.05) is 11.3 Å². The Morgan fingerprint density at radius 1 is 1.16 bits per heavy atom. The van der Waals surface area contributed by atoms with Crippen LogP contribution in [-0.2, 0) is 16.1 Å². The quantitative estimate of drug-likeness (QED) is 0.601. The van der Waals surface area contributed by atoms with Crippen molar-refractivity contribution in [3.05, 3.63) is 65.2 Å². The fraction of sp³-hybridized carbons (Fsp3) is 0.238. The van der Waals surface area contributed by atoms with Crippen LogP contribution < -0.4 is 4.74 Å². The first-order valence-electron chi connectivity index (χ1n) is 9.44. The SMILES string of the molecule is COC(=O)c1cccc(COc2ccccc2C2C(C(=O)O)C(C)=Nc3nnnn32)c1. The second-order valence-corrected chi connectivity index (χ2v) is 6.96. The van der Waals surface area contributed by atoms with Gasteiger partial charge < -0.3 is 14.6 Å². The number of carboxylic acids is 1. The highest BCUT2D eigenvalue weighted by atomic mass is 16.5. The minimum Gasteiger partial charge on any atom is -0.489 e. The minimum absolute atomic E-state index is 0.168. The van der Waals surface area contributed by atoms with Gasteiger partial charge in [0.05, 0.1) is 12.7 Å². The number of hydrogen-bond donors (Lipinski definition) is 1. The van der Waals surface area contributed by atoms with Gasteiger partial charge in [0.25, 0.3) is 5.95 Å². The molecule has 1 aromatic heterocycles. The third-order valence-electron chi connectivity index (χ3n) is 5.03. The highest BCUT2D eigenvalue weighted by Crippen LogP contribution is 2.39. The molecular formula is C21H19N5O5. The summed E-state index contributed by atoms with van der Waals surface area (Å²) < 4.78 is 12.2. The van der Waals surface area contributed by atoms with Gasteiger partial charge in [-0.15, -0.1) is 0 Å². The number of tetrazole rings is 1.